The van der Waals surface area contributed by atoms with Crippen LogP contribution in [0.2, 0.25) is 0 Å². The molecule has 0 saturated carbocycles. The van der Waals surface area contributed by atoms with Gasteiger partial charge in [-0.3, -0.25) is 19.7 Å². The van der Waals surface area contributed by atoms with Crippen molar-refractivity contribution < 1.29 is 9.72 Å². The van der Waals surface area contributed by atoms with E-state index in [2.05, 4.69) is 15.3 Å². The molecule has 0 saturated heterocycles. The molecule has 0 aliphatic carbocycles. The van der Waals surface area contributed by atoms with Gasteiger partial charge in [-0.1, -0.05) is 25.1 Å². The van der Waals surface area contributed by atoms with Crippen LogP contribution in [0.1, 0.15) is 23.0 Å². The number of nitro benzene ring substituents is 1. The lowest BCUT2D eigenvalue weighted by atomic mass is 10.1. The van der Waals surface area contributed by atoms with Crippen LogP contribution in [0.25, 0.3) is 11.4 Å². The fraction of sp³-hybridized carbons (Fsp3) is 0.105. The lowest BCUT2D eigenvalue weighted by Crippen LogP contribution is -2.12. The van der Waals surface area contributed by atoms with Crippen molar-refractivity contribution in [2.24, 2.45) is 0 Å². The standard InChI is InChI=1S/C19H16N4O4/c1-2-14-11-17(24)22-18(20-14)12-5-3-7-15(9-12)21-19(25)13-6-4-8-16(10-13)23(26)27/h3-11H,2H2,1H3,(H,21,25)(H,20,22,24). The Morgan fingerprint density at radius 2 is 1.96 bits per heavy atom. The topological polar surface area (TPSA) is 118 Å². The highest BCUT2D eigenvalue weighted by Crippen LogP contribution is 2.20. The number of non-ortho nitro benzene ring substituents is 1. The van der Waals surface area contributed by atoms with E-state index in [1.807, 2.05) is 6.92 Å². The number of nitro groups is 1. The third kappa shape index (κ3) is 4.24. The van der Waals surface area contributed by atoms with Gasteiger partial charge in [0.05, 0.1) is 4.92 Å². The van der Waals surface area contributed by atoms with Crippen LogP contribution in [-0.4, -0.2) is 20.8 Å². The fourth-order valence-corrected chi connectivity index (χ4v) is 2.53. The van der Waals surface area contributed by atoms with Crippen LogP contribution in [0.3, 0.4) is 0 Å². The monoisotopic (exact) mass is 364 g/mol. The number of hydrogen-bond donors (Lipinski definition) is 2. The van der Waals surface area contributed by atoms with Crippen molar-refractivity contribution >= 4 is 17.3 Å². The van der Waals surface area contributed by atoms with Crippen LogP contribution in [-0.2, 0) is 6.42 Å². The lowest BCUT2D eigenvalue weighted by Gasteiger charge is -2.08. The molecule has 2 aromatic carbocycles. The molecule has 3 rings (SSSR count). The second kappa shape index (κ2) is 7.61. The zero-order chi connectivity index (χ0) is 19.4. The van der Waals surface area contributed by atoms with Gasteiger partial charge in [0.2, 0.25) is 0 Å². The van der Waals surface area contributed by atoms with E-state index < -0.39 is 10.8 Å². The normalized spacial score (nSPS) is 10.4. The predicted molar refractivity (Wildman–Crippen MR) is 101 cm³/mol. The Kier molecular flexibility index (Phi) is 5.07. The number of aryl methyl sites for hydroxylation is 1. The minimum absolute atomic E-state index is 0.158. The van der Waals surface area contributed by atoms with Gasteiger partial charge in [-0.2, -0.15) is 0 Å². The number of amides is 1. The van der Waals surface area contributed by atoms with E-state index in [4.69, 9.17) is 0 Å². The van der Waals surface area contributed by atoms with E-state index in [9.17, 15) is 19.7 Å². The summed E-state index contributed by atoms with van der Waals surface area (Å²) in [5.41, 5.74) is 1.55. The fourth-order valence-electron chi connectivity index (χ4n) is 2.53. The second-order valence-corrected chi connectivity index (χ2v) is 5.78. The number of aromatic nitrogens is 2. The summed E-state index contributed by atoms with van der Waals surface area (Å²) < 4.78 is 0. The summed E-state index contributed by atoms with van der Waals surface area (Å²) in [4.78, 5) is 41.5. The largest absolute Gasteiger partial charge is 0.322 e. The SMILES string of the molecule is CCc1cc(=O)[nH]c(-c2cccc(NC(=O)c3cccc([N+](=O)[O-])c3)c2)n1. The maximum atomic E-state index is 12.4. The summed E-state index contributed by atoms with van der Waals surface area (Å²) in [5.74, 6) is -0.0644. The van der Waals surface area contributed by atoms with Crippen LogP contribution >= 0.6 is 0 Å². The highest BCUT2D eigenvalue weighted by molar-refractivity contribution is 6.04. The molecular weight excluding hydrogens is 348 g/mol. The third-order valence-corrected chi connectivity index (χ3v) is 3.87. The summed E-state index contributed by atoms with van der Waals surface area (Å²) in [6, 6.07) is 13.8. The van der Waals surface area contributed by atoms with Gasteiger partial charge < -0.3 is 10.3 Å². The first-order chi connectivity index (χ1) is 13.0. The molecule has 0 aliphatic heterocycles. The number of carbonyl (C=O) groups excluding carboxylic acids is 1. The van der Waals surface area contributed by atoms with Gasteiger partial charge in [-0.05, 0) is 24.6 Å². The molecule has 3 aromatic rings. The highest BCUT2D eigenvalue weighted by atomic mass is 16.6. The number of benzene rings is 2. The van der Waals surface area contributed by atoms with E-state index in [-0.39, 0.29) is 16.8 Å². The maximum Gasteiger partial charge on any atom is 0.270 e. The van der Waals surface area contributed by atoms with Crippen molar-refractivity contribution in [3.63, 3.8) is 0 Å². The molecule has 1 amide bonds. The van der Waals surface area contributed by atoms with Crippen molar-refractivity contribution in [2.75, 3.05) is 5.32 Å². The van der Waals surface area contributed by atoms with Crippen LogP contribution in [0.4, 0.5) is 11.4 Å². The Hall–Kier alpha value is -3.81. The van der Waals surface area contributed by atoms with E-state index in [0.717, 1.165) is 0 Å². The number of nitrogens with one attached hydrogen (secondary N) is 2. The Bertz CT molecular complexity index is 1080. The van der Waals surface area contributed by atoms with E-state index in [0.29, 0.717) is 29.2 Å². The average molecular weight is 364 g/mol. The molecular formula is C19H16N4O4. The lowest BCUT2D eigenvalue weighted by molar-refractivity contribution is -0.384. The summed E-state index contributed by atoms with van der Waals surface area (Å²) in [7, 11) is 0. The predicted octanol–water partition coefficient (Wildman–Crippen LogP) is 3.16. The number of nitrogens with zero attached hydrogens (tertiary/aromatic N) is 2. The Morgan fingerprint density at radius 3 is 2.70 bits per heavy atom. The molecule has 136 valence electrons. The molecule has 0 radical (unpaired) electrons. The quantitative estimate of drug-likeness (QED) is 0.532. The molecule has 1 aromatic heterocycles. The van der Waals surface area contributed by atoms with Gasteiger partial charge in [0.1, 0.15) is 5.82 Å². The minimum atomic E-state index is -0.555. The zero-order valence-electron chi connectivity index (χ0n) is 14.4. The first-order valence-electron chi connectivity index (χ1n) is 8.22. The first kappa shape index (κ1) is 18.0. The molecule has 8 nitrogen and oxygen atoms in total. The van der Waals surface area contributed by atoms with Crippen molar-refractivity contribution in [3.05, 3.63) is 86.3 Å². The minimum Gasteiger partial charge on any atom is -0.322 e. The van der Waals surface area contributed by atoms with Crippen molar-refractivity contribution in [2.45, 2.75) is 13.3 Å². The summed E-state index contributed by atoms with van der Waals surface area (Å²) in [6.45, 7) is 1.90. The number of H-pyrrole nitrogens is 1. The van der Waals surface area contributed by atoms with Gasteiger partial charge in [0.15, 0.2) is 0 Å². The first-order valence-corrected chi connectivity index (χ1v) is 8.22. The summed E-state index contributed by atoms with van der Waals surface area (Å²) in [6.07, 6.45) is 0.625. The van der Waals surface area contributed by atoms with E-state index in [1.165, 1.54) is 30.3 Å². The van der Waals surface area contributed by atoms with Crippen LogP contribution in [0.5, 0.6) is 0 Å². The molecule has 0 spiro atoms. The van der Waals surface area contributed by atoms with E-state index in [1.54, 1.807) is 24.3 Å². The smallest absolute Gasteiger partial charge is 0.270 e. The second-order valence-electron chi connectivity index (χ2n) is 5.78. The zero-order valence-corrected chi connectivity index (χ0v) is 14.4. The number of hydrogen-bond acceptors (Lipinski definition) is 5. The number of anilines is 1. The van der Waals surface area contributed by atoms with Crippen molar-refractivity contribution in [3.8, 4) is 11.4 Å². The molecule has 0 fully saturated rings. The third-order valence-electron chi connectivity index (χ3n) is 3.87. The number of rotatable bonds is 5. The van der Waals surface area contributed by atoms with Crippen LogP contribution < -0.4 is 10.9 Å². The molecule has 0 unspecified atom stereocenters. The number of aromatic amines is 1. The van der Waals surface area contributed by atoms with Crippen LogP contribution in [0.15, 0.2) is 59.4 Å². The highest BCUT2D eigenvalue weighted by Gasteiger charge is 2.12. The molecule has 2 N–H and O–H groups in total. The Morgan fingerprint density at radius 1 is 1.19 bits per heavy atom. The summed E-state index contributed by atoms with van der Waals surface area (Å²) >= 11 is 0. The van der Waals surface area contributed by atoms with Crippen molar-refractivity contribution in [1.82, 2.24) is 9.97 Å². The Balaban J connectivity index is 1.87. The summed E-state index contributed by atoms with van der Waals surface area (Å²) in [5, 5.41) is 13.5. The van der Waals surface area contributed by atoms with Gasteiger partial charge >= 0.3 is 0 Å². The molecule has 0 aliphatic rings. The molecule has 0 bridgehead atoms. The molecule has 1 heterocycles. The van der Waals surface area contributed by atoms with E-state index >= 15 is 0 Å². The average Bonchev–Trinajstić information content (AvgIpc) is 2.67. The molecule has 8 heteroatoms. The number of carbonyl (C=O) groups is 1. The van der Waals surface area contributed by atoms with Gasteiger partial charge in [0.25, 0.3) is 17.2 Å². The Labute approximate surface area is 154 Å². The van der Waals surface area contributed by atoms with Crippen molar-refractivity contribution in [1.29, 1.82) is 0 Å². The molecule has 0 atom stereocenters. The maximum absolute atomic E-state index is 12.4. The van der Waals surface area contributed by atoms with Gasteiger partial charge in [-0.25, -0.2) is 4.98 Å². The molecule has 27 heavy (non-hydrogen) atoms. The van der Waals surface area contributed by atoms with Crippen LogP contribution in [0, 0.1) is 10.1 Å². The van der Waals surface area contributed by atoms with Gasteiger partial charge in [-0.15, -0.1) is 0 Å². The van der Waals surface area contributed by atoms with Gasteiger partial charge in [0, 0.05) is 40.7 Å².